The van der Waals surface area contributed by atoms with Gasteiger partial charge < -0.3 is 9.90 Å². The van der Waals surface area contributed by atoms with E-state index in [1.165, 1.54) is 19.3 Å². The fourth-order valence-corrected chi connectivity index (χ4v) is 1.55. The minimum Gasteiger partial charge on any atom is -0.396 e. The summed E-state index contributed by atoms with van der Waals surface area (Å²) < 4.78 is 0. The van der Waals surface area contributed by atoms with E-state index in [1.807, 2.05) is 0 Å². The molecular weight excluding hydrogens is 164 g/mol. The van der Waals surface area contributed by atoms with Crippen LogP contribution in [0.5, 0.6) is 0 Å². The minimum absolute atomic E-state index is 0.279. The molecule has 13 heavy (non-hydrogen) atoms. The quantitative estimate of drug-likeness (QED) is 0.444. The number of aliphatic hydroxyl groups is 1. The van der Waals surface area contributed by atoms with Crippen molar-refractivity contribution in [3.8, 4) is 0 Å². The molecule has 0 saturated carbocycles. The minimum atomic E-state index is 0.279. The fraction of sp³-hybridized carbons (Fsp3) is 0.909. The molecule has 1 atom stereocenters. The lowest BCUT2D eigenvalue weighted by Crippen LogP contribution is -2.02. The van der Waals surface area contributed by atoms with Crippen LogP contribution in [0.4, 0.5) is 0 Å². The third kappa shape index (κ3) is 7.97. The monoisotopic (exact) mass is 186 g/mol. The first-order valence-electron chi connectivity index (χ1n) is 5.39. The Kier molecular flexibility index (Phi) is 9.44. The number of hydrogen-bond donors (Lipinski definition) is 1. The smallest absolute Gasteiger partial charge is 0.120 e. The number of aliphatic hydroxyl groups excluding tert-OH is 1. The summed E-state index contributed by atoms with van der Waals surface area (Å²) in [6, 6.07) is 0. The van der Waals surface area contributed by atoms with E-state index in [0.29, 0.717) is 12.3 Å². The molecule has 2 nitrogen and oxygen atoms in total. The van der Waals surface area contributed by atoms with E-state index in [9.17, 15) is 4.79 Å². The molecule has 0 aromatic carbocycles. The van der Waals surface area contributed by atoms with Crippen LogP contribution in [0, 0.1) is 5.92 Å². The van der Waals surface area contributed by atoms with Crippen molar-refractivity contribution in [3.63, 3.8) is 0 Å². The molecule has 78 valence electrons. The summed E-state index contributed by atoms with van der Waals surface area (Å²) in [5.41, 5.74) is 0. The second kappa shape index (κ2) is 9.72. The average Bonchev–Trinajstić information content (AvgIpc) is 2.14. The molecule has 0 heterocycles. The summed E-state index contributed by atoms with van der Waals surface area (Å²) in [6.07, 6.45) is 8.35. The van der Waals surface area contributed by atoms with Gasteiger partial charge in [0.2, 0.25) is 0 Å². The molecule has 0 radical (unpaired) electrons. The van der Waals surface area contributed by atoms with Crippen molar-refractivity contribution in [2.24, 2.45) is 5.92 Å². The van der Waals surface area contributed by atoms with E-state index >= 15 is 0 Å². The van der Waals surface area contributed by atoms with Crippen LogP contribution in [0.2, 0.25) is 0 Å². The molecule has 0 aromatic heterocycles. The van der Waals surface area contributed by atoms with Crippen molar-refractivity contribution in [1.82, 2.24) is 0 Å². The van der Waals surface area contributed by atoms with Gasteiger partial charge in [0.05, 0.1) is 0 Å². The maximum absolute atomic E-state index is 10.4. The van der Waals surface area contributed by atoms with Gasteiger partial charge in [-0.2, -0.15) is 0 Å². The molecule has 0 saturated heterocycles. The first-order chi connectivity index (χ1) is 6.35. The summed E-state index contributed by atoms with van der Waals surface area (Å²) in [6.45, 7) is 2.45. The van der Waals surface area contributed by atoms with E-state index in [0.717, 1.165) is 25.5 Å². The molecule has 0 spiro atoms. The second-order valence-corrected chi connectivity index (χ2v) is 3.63. The van der Waals surface area contributed by atoms with Crippen LogP contribution in [-0.4, -0.2) is 18.0 Å². The van der Waals surface area contributed by atoms with E-state index in [4.69, 9.17) is 5.11 Å². The van der Waals surface area contributed by atoms with Crippen molar-refractivity contribution < 1.29 is 9.90 Å². The number of hydrogen-bond acceptors (Lipinski definition) is 2. The van der Waals surface area contributed by atoms with Crippen LogP contribution in [-0.2, 0) is 4.79 Å². The van der Waals surface area contributed by atoms with Crippen LogP contribution in [0.25, 0.3) is 0 Å². The predicted octanol–water partition coefficient (Wildman–Crippen LogP) is 2.54. The third-order valence-electron chi connectivity index (χ3n) is 2.42. The topological polar surface area (TPSA) is 37.3 Å². The zero-order valence-electron chi connectivity index (χ0n) is 8.67. The first-order valence-corrected chi connectivity index (χ1v) is 5.39. The number of aldehydes is 1. The molecule has 0 aliphatic heterocycles. The Hall–Kier alpha value is -0.370. The van der Waals surface area contributed by atoms with Gasteiger partial charge in [-0.25, -0.2) is 0 Å². The van der Waals surface area contributed by atoms with E-state index in [-0.39, 0.29) is 6.61 Å². The zero-order valence-corrected chi connectivity index (χ0v) is 8.67. The highest BCUT2D eigenvalue weighted by molar-refractivity contribution is 5.49. The molecule has 1 N–H and O–H groups in total. The highest BCUT2D eigenvalue weighted by atomic mass is 16.2. The van der Waals surface area contributed by atoms with Crippen LogP contribution < -0.4 is 0 Å². The lowest BCUT2D eigenvalue weighted by atomic mass is 9.93. The molecule has 0 bridgehead atoms. The molecule has 0 amide bonds. The average molecular weight is 186 g/mol. The summed E-state index contributed by atoms with van der Waals surface area (Å²) in [5, 5.41) is 8.62. The number of carbonyl (C=O) groups excluding carboxylic acids is 1. The molecule has 0 aliphatic carbocycles. The predicted molar refractivity (Wildman–Crippen MR) is 54.6 cm³/mol. The lowest BCUT2D eigenvalue weighted by Gasteiger charge is -2.12. The summed E-state index contributed by atoms with van der Waals surface area (Å²) in [4.78, 5) is 10.4. The Labute approximate surface area is 81.3 Å². The Morgan fingerprint density at radius 3 is 2.46 bits per heavy atom. The van der Waals surface area contributed by atoms with Gasteiger partial charge in [-0.1, -0.05) is 32.6 Å². The van der Waals surface area contributed by atoms with Crippen molar-refractivity contribution in [2.75, 3.05) is 6.61 Å². The van der Waals surface area contributed by atoms with Gasteiger partial charge in [0, 0.05) is 13.0 Å². The van der Waals surface area contributed by atoms with Crippen LogP contribution in [0.1, 0.15) is 51.9 Å². The van der Waals surface area contributed by atoms with Crippen LogP contribution >= 0.6 is 0 Å². The highest BCUT2D eigenvalue weighted by Crippen LogP contribution is 2.18. The number of rotatable bonds is 9. The Morgan fingerprint density at radius 1 is 1.23 bits per heavy atom. The molecule has 1 unspecified atom stereocenters. The van der Waals surface area contributed by atoms with Crippen molar-refractivity contribution in [2.45, 2.75) is 51.9 Å². The first kappa shape index (κ1) is 12.6. The summed E-state index contributed by atoms with van der Waals surface area (Å²) >= 11 is 0. The van der Waals surface area contributed by atoms with Crippen LogP contribution in [0.3, 0.4) is 0 Å². The Balaban J connectivity index is 3.47. The molecule has 0 aromatic rings. The van der Waals surface area contributed by atoms with Gasteiger partial charge >= 0.3 is 0 Å². The van der Waals surface area contributed by atoms with Crippen molar-refractivity contribution in [1.29, 1.82) is 0 Å². The van der Waals surface area contributed by atoms with Gasteiger partial charge in [0.15, 0.2) is 0 Å². The summed E-state index contributed by atoms with van der Waals surface area (Å²) in [7, 11) is 0. The van der Waals surface area contributed by atoms with Gasteiger partial charge in [-0.3, -0.25) is 0 Å². The Bertz CT molecular complexity index is 113. The summed E-state index contributed by atoms with van der Waals surface area (Å²) in [5.74, 6) is 0.559. The maximum atomic E-state index is 10.4. The lowest BCUT2D eigenvalue weighted by molar-refractivity contribution is -0.108. The maximum Gasteiger partial charge on any atom is 0.120 e. The standard InChI is InChI=1S/C11H22O2/c1-2-3-6-11(8-10-13)7-4-5-9-12/h10-12H,2-9H2,1H3. The zero-order chi connectivity index (χ0) is 9.94. The van der Waals surface area contributed by atoms with Gasteiger partial charge in [-0.15, -0.1) is 0 Å². The molecule has 0 aliphatic rings. The van der Waals surface area contributed by atoms with E-state index in [2.05, 4.69) is 6.92 Å². The van der Waals surface area contributed by atoms with Crippen molar-refractivity contribution in [3.05, 3.63) is 0 Å². The van der Waals surface area contributed by atoms with Crippen LogP contribution in [0.15, 0.2) is 0 Å². The highest BCUT2D eigenvalue weighted by Gasteiger charge is 2.06. The van der Waals surface area contributed by atoms with E-state index < -0.39 is 0 Å². The molecule has 2 heteroatoms. The van der Waals surface area contributed by atoms with Gasteiger partial charge in [0.1, 0.15) is 6.29 Å². The molecular formula is C11H22O2. The van der Waals surface area contributed by atoms with Gasteiger partial charge in [0.25, 0.3) is 0 Å². The third-order valence-corrected chi connectivity index (χ3v) is 2.42. The molecule has 0 fully saturated rings. The largest absolute Gasteiger partial charge is 0.396 e. The van der Waals surface area contributed by atoms with E-state index in [1.54, 1.807) is 0 Å². The van der Waals surface area contributed by atoms with Crippen molar-refractivity contribution >= 4 is 6.29 Å². The number of unbranched alkanes of at least 4 members (excludes halogenated alkanes) is 2. The number of carbonyl (C=O) groups is 1. The second-order valence-electron chi connectivity index (χ2n) is 3.63. The Morgan fingerprint density at radius 2 is 1.92 bits per heavy atom. The van der Waals surface area contributed by atoms with Gasteiger partial charge in [-0.05, 0) is 18.8 Å². The normalized spacial score (nSPS) is 12.8. The molecule has 0 rings (SSSR count). The fourth-order valence-electron chi connectivity index (χ4n) is 1.55. The SMILES string of the molecule is CCCCC(CC=O)CCCCO.